The van der Waals surface area contributed by atoms with Crippen molar-refractivity contribution >= 4 is 51.2 Å². The largest absolute Gasteiger partial charge is 0.364 e. The molecule has 1 heterocycles. The predicted octanol–water partition coefficient (Wildman–Crippen LogP) is 5.72. The molecule has 0 fully saturated rings. The minimum Gasteiger partial charge on any atom is -0.364 e. The lowest BCUT2D eigenvalue weighted by Gasteiger charge is -2.24. The second kappa shape index (κ2) is 8.42. The predicted molar refractivity (Wildman–Crippen MR) is 129 cm³/mol. The van der Waals surface area contributed by atoms with Crippen LogP contribution in [0.3, 0.4) is 0 Å². The van der Waals surface area contributed by atoms with E-state index in [-0.39, 0.29) is 0 Å². The Morgan fingerprint density at radius 2 is 1.60 bits per heavy atom. The van der Waals surface area contributed by atoms with Crippen LogP contribution in [0.25, 0.3) is 33.8 Å². The third kappa shape index (κ3) is 4.96. The molecule has 0 spiro atoms. The van der Waals surface area contributed by atoms with Gasteiger partial charge in [0.05, 0.1) is 39.7 Å². The van der Waals surface area contributed by atoms with Crippen molar-refractivity contribution in [2.24, 2.45) is 0 Å². The van der Waals surface area contributed by atoms with E-state index in [1.165, 1.54) is 10.8 Å². The van der Waals surface area contributed by atoms with Crippen LogP contribution in [0.15, 0.2) is 60.7 Å². The van der Waals surface area contributed by atoms with E-state index in [0.717, 1.165) is 44.9 Å². The maximum absolute atomic E-state index is 5.98. The number of anilines is 1. The van der Waals surface area contributed by atoms with Crippen molar-refractivity contribution in [2.45, 2.75) is 0 Å². The van der Waals surface area contributed by atoms with Crippen LogP contribution in [0.2, 0.25) is 5.02 Å². The van der Waals surface area contributed by atoms with Crippen molar-refractivity contribution in [3.05, 3.63) is 77.1 Å². The first-order chi connectivity index (χ1) is 14.4. The van der Waals surface area contributed by atoms with E-state index in [4.69, 9.17) is 21.6 Å². The van der Waals surface area contributed by atoms with Crippen molar-refractivity contribution in [1.82, 2.24) is 9.97 Å². The molecule has 0 aliphatic rings. The van der Waals surface area contributed by atoms with Crippen LogP contribution >= 0.6 is 11.6 Å². The van der Waals surface area contributed by atoms with Gasteiger partial charge in [0.2, 0.25) is 0 Å². The smallest absolute Gasteiger partial charge is 0.154 e. The summed E-state index contributed by atoms with van der Waals surface area (Å²) in [5.41, 5.74) is 1.99. The lowest BCUT2D eigenvalue weighted by Crippen LogP contribution is -2.38. The summed E-state index contributed by atoms with van der Waals surface area (Å²) >= 11 is 5.98. The monoisotopic (exact) mass is 417 g/mol. The first kappa shape index (κ1) is 20.3. The number of rotatable bonds is 6. The van der Waals surface area contributed by atoms with Gasteiger partial charge in [-0.05, 0) is 46.7 Å². The average Bonchev–Trinajstić information content (AvgIpc) is 2.71. The molecule has 0 saturated heterocycles. The van der Waals surface area contributed by atoms with E-state index in [1.807, 2.05) is 36.4 Å². The maximum Gasteiger partial charge on any atom is 0.154 e. The molecule has 0 aliphatic heterocycles. The lowest BCUT2D eigenvalue weighted by atomic mass is 10.1. The molecule has 152 valence electrons. The van der Waals surface area contributed by atoms with Gasteiger partial charge in [-0.1, -0.05) is 54.1 Å². The number of quaternary nitrogens is 1. The molecule has 0 unspecified atom stereocenters. The Balaban J connectivity index is 1.74. The van der Waals surface area contributed by atoms with Crippen LogP contribution in [-0.2, 0) is 0 Å². The maximum atomic E-state index is 5.98. The average molecular weight is 418 g/mol. The second-order valence-electron chi connectivity index (χ2n) is 8.47. The number of nitrogens with one attached hydrogen (secondary N) is 1. The Morgan fingerprint density at radius 1 is 0.900 bits per heavy atom. The van der Waals surface area contributed by atoms with E-state index in [2.05, 4.69) is 62.9 Å². The van der Waals surface area contributed by atoms with Gasteiger partial charge in [-0.15, -0.1) is 0 Å². The van der Waals surface area contributed by atoms with Gasteiger partial charge in [0.15, 0.2) is 5.82 Å². The summed E-state index contributed by atoms with van der Waals surface area (Å²) in [7, 11) is 6.56. The van der Waals surface area contributed by atoms with Gasteiger partial charge in [0, 0.05) is 10.4 Å². The van der Waals surface area contributed by atoms with Crippen molar-refractivity contribution in [3.63, 3.8) is 0 Å². The molecule has 5 heteroatoms. The fourth-order valence-corrected chi connectivity index (χ4v) is 3.42. The second-order valence-corrected chi connectivity index (χ2v) is 8.91. The summed E-state index contributed by atoms with van der Waals surface area (Å²) in [6, 6.07) is 20.4. The van der Waals surface area contributed by atoms with Gasteiger partial charge in [-0.25, -0.2) is 9.97 Å². The zero-order chi connectivity index (χ0) is 21.1. The first-order valence-electron chi connectivity index (χ1n) is 10.1. The number of benzene rings is 3. The molecule has 0 radical (unpaired) electrons. The van der Waals surface area contributed by atoms with E-state index >= 15 is 0 Å². The highest BCUT2D eigenvalue weighted by atomic mass is 35.5. The minimum absolute atomic E-state index is 0.681. The number of hydrogen-bond acceptors (Lipinski definition) is 3. The fraction of sp³-hybridized carbons (Fsp3) is 0.200. The van der Waals surface area contributed by atoms with Crippen LogP contribution in [0.5, 0.6) is 0 Å². The van der Waals surface area contributed by atoms with Crippen LogP contribution in [0.1, 0.15) is 11.4 Å². The molecule has 4 rings (SSSR count). The molecule has 0 amide bonds. The van der Waals surface area contributed by atoms with Gasteiger partial charge in [0.1, 0.15) is 5.82 Å². The summed E-state index contributed by atoms with van der Waals surface area (Å²) in [4.78, 5) is 9.63. The van der Waals surface area contributed by atoms with Gasteiger partial charge in [-0.2, -0.15) is 0 Å². The Hall–Kier alpha value is -2.95. The number of aromatic nitrogens is 2. The van der Waals surface area contributed by atoms with Crippen molar-refractivity contribution in [3.8, 4) is 0 Å². The summed E-state index contributed by atoms with van der Waals surface area (Å²) in [5, 5.41) is 7.67. The summed E-state index contributed by atoms with van der Waals surface area (Å²) in [6.07, 6.45) is 3.96. The molecular formula is C25H26ClN4+. The Bertz CT molecular complexity index is 1210. The minimum atomic E-state index is 0.681. The van der Waals surface area contributed by atoms with Gasteiger partial charge >= 0.3 is 0 Å². The molecule has 30 heavy (non-hydrogen) atoms. The standard InChI is InChI=1S/C25H26ClN4/c1-30(2,3)15-14-27-25-22-16-19-6-4-5-7-20(19)17-23(22)28-24(29-25)13-10-18-8-11-21(26)12-9-18/h4-13,16-17H,14-15H2,1-3H3,(H,27,28,29)/q+1/b13-10+. The quantitative estimate of drug-likeness (QED) is 0.322. The summed E-state index contributed by atoms with van der Waals surface area (Å²) in [6.45, 7) is 1.83. The molecule has 3 aromatic carbocycles. The third-order valence-corrected chi connectivity index (χ3v) is 5.20. The molecule has 0 atom stereocenters. The van der Waals surface area contributed by atoms with E-state index in [9.17, 15) is 0 Å². The lowest BCUT2D eigenvalue weighted by molar-refractivity contribution is -0.868. The van der Waals surface area contributed by atoms with Crippen molar-refractivity contribution in [2.75, 3.05) is 39.5 Å². The molecular weight excluding hydrogens is 392 g/mol. The number of nitrogens with zero attached hydrogens (tertiary/aromatic N) is 3. The Kier molecular flexibility index (Phi) is 5.71. The fourth-order valence-electron chi connectivity index (χ4n) is 3.30. The zero-order valence-electron chi connectivity index (χ0n) is 17.6. The van der Waals surface area contributed by atoms with Gasteiger partial charge in [-0.3, -0.25) is 0 Å². The Morgan fingerprint density at radius 3 is 2.30 bits per heavy atom. The normalized spacial score (nSPS) is 12.1. The molecule has 1 aromatic heterocycles. The molecule has 0 saturated carbocycles. The molecule has 4 aromatic rings. The highest BCUT2D eigenvalue weighted by Gasteiger charge is 2.11. The number of hydrogen-bond donors (Lipinski definition) is 1. The van der Waals surface area contributed by atoms with Crippen LogP contribution in [0, 0.1) is 0 Å². The number of halogens is 1. The SMILES string of the molecule is C[N+](C)(C)CCNc1nc(/C=C/c2ccc(Cl)cc2)nc2cc3ccccc3cc12. The molecule has 0 bridgehead atoms. The molecule has 0 aliphatic carbocycles. The highest BCUT2D eigenvalue weighted by Crippen LogP contribution is 2.27. The van der Waals surface area contributed by atoms with Crippen LogP contribution < -0.4 is 5.32 Å². The topological polar surface area (TPSA) is 37.8 Å². The van der Waals surface area contributed by atoms with Crippen molar-refractivity contribution < 1.29 is 4.48 Å². The highest BCUT2D eigenvalue weighted by molar-refractivity contribution is 6.30. The van der Waals surface area contributed by atoms with Crippen LogP contribution in [-0.4, -0.2) is 48.7 Å². The van der Waals surface area contributed by atoms with E-state index in [1.54, 1.807) is 0 Å². The summed E-state index contributed by atoms with van der Waals surface area (Å²) < 4.78 is 0.891. The van der Waals surface area contributed by atoms with Crippen LogP contribution in [0.4, 0.5) is 5.82 Å². The molecule has 4 nitrogen and oxygen atoms in total. The van der Waals surface area contributed by atoms with Gasteiger partial charge < -0.3 is 9.80 Å². The first-order valence-corrected chi connectivity index (χ1v) is 10.4. The molecule has 1 N–H and O–H groups in total. The summed E-state index contributed by atoms with van der Waals surface area (Å²) in [5.74, 6) is 1.55. The Labute approximate surface area is 182 Å². The van der Waals surface area contributed by atoms with Crippen molar-refractivity contribution in [1.29, 1.82) is 0 Å². The number of fused-ring (bicyclic) bond motifs is 2. The van der Waals surface area contributed by atoms with E-state index in [0.29, 0.717) is 5.82 Å². The van der Waals surface area contributed by atoms with Gasteiger partial charge in [0.25, 0.3) is 0 Å². The van der Waals surface area contributed by atoms with E-state index < -0.39 is 0 Å². The number of likely N-dealkylation sites (N-methyl/N-ethyl adjacent to an activating group) is 1. The third-order valence-electron chi connectivity index (χ3n) is 4.95. The zero-order valence-corrected chi connectivity index (χ0v) is 18.3.